The SMILES string of the molecule is CC(O)CCCCn1c(=O)c2c(n(C)c1=O)N=C[N+]2(C)CCCC(C)O. The Hall–Kier alpha value is -1.77. The number of aliphatic hydroxyl groups excluding tert-OH is 2. The number of rotatable bonds is 9. The van der Waals surface area contributed by atoms with E-state index < -0.39 is 0 Å². The number of hydrogen-bond acceptors (Lipinski definition) is 5. The Morgan fingerprint density at radius 3 is 2.35 bits per heavy atom. The zero-order chi connectivity index (χ0) is 19.5. The van der Waals surface area contributed by atoms with Crippen molar-refractivity contribution in [1.29, 1.82) is 0 Å². The molecule has 146 valence electrons. The molecule has 0 spiro atoms. The van der Waals surface area contributed by atoms with E-state index in [4.69, 9.17) is 0 Å². The molecule has 26 heavy (non-hydrogen) atoms. The van der Waals surface area contributed by atoms with Crippen LogP contribution >= 0.6 is 0 Å². The van der Waals surface area contributed by atoms with Crippen molar-refractivity contribution in [3.8, 4) is 0 Å². The molecular formula is C18H31N4O4+. The molecule has 3 unspecified atom stereocenters. The van der Waals surface area contributed by atoms with Gasteiger partial charge in [-0.3, -0.25) is 13.9 Å². The van der Waals surface area contributed by atoms with Crippen LogP contribution in [0.25, 0.3) is 0 Å². The van der Waals surface area contributed by atoms with Crippen molar-refractivity contribution >= 4 is 17.8 Å². The Balaban J connectivity index is 2.29. The lowest BCUT2D eigenvalue weighted by Crippen LogP contribution is -2.49. The molecule has 0 bridgehead atoms. The minimum Gasteiger partial charge on any atom is -0.393 e. The zero-order valence-corrected chi connectivity index (χ0v) is 16.2. The Morgan fingerprint density at radius 2 is 1.73 bits per heavy atom. The van der Waals surface area contributed by atoms with Crippen LogP contribution in [0.15, 0.2) is 14.6 Å². The molecule has 2 rings (SSSR count). The summed E-state index contributed by atoms with van der Waals surface area (Å²) in [4.78, 5) is 29.9. The van der Waals surface area contributed by atoms with Crippen molar-refractivity contribution in [1.82, 2.24) is 13.6 Å². The Kier molecular flexibility index (Phi) is 6.54. The Labute approximate surface area is 153 Å². The van der Waals surface area contributed by atoms with E-state index in [1.807, 2.05) is 7.05 Å². The van der Waals surface area contributed by atoms with Gasteiger partial charge in [-0.25, -0.2) is 9.28 Å². The largest absolute Gasteiger partial charge is 0.393 e. The Bertz CT molecular complexity index is 779. The molecule has 0 radical (unpaired) electrons. The zero-order valence-electron chi connectivity index (χ0n) is 16.2. The first-order valence-electron chi connectivity index (χ1n) is 9.28. The van der Waals surface area contributed by atoms with Crippen molar-refractivity contribution in [2.75, 3.05) is 13.6 Å². The molecule has 1 aliphatic heterocycles. The van der Waals surface area contributed by atoms with Gasteiger partial charge in [-0.05, 0) is 46.0 Å². The van der Waals surface area contributed by atoms with Gasteiger partial charge in [-0.2, -0.15) is 4.99 Å². The highest BCUT2D eigenvalue weighted by atomic mass is 16.3. The summed E-state index contributed by atoms with van der Waals surface area (Å²) in [5, 5.41) is 18.8. The smallest absolute Gasteiger partial charge is 0.332 e. The number of unbranched alkanes of at least 4 members (excludes halogenated alkanes) is 1. The first kappa shape index (κ1) is 20.5. The quantitative estimate of drug-likeness (QED) is 0.500. The molecule has 1 aliphatic rings. The number of aliphatic imine (C=N–C) groups is 1. The number of aliphatic hydroxyl groups is 2. The second-order valence-electron chi connectivity index (χ2n) is 7.54. The highest BCUT2D eigenvalue weighted by Gasteiger charge is 2.38. The van der Waals surface area contributed by atoms with Gasteiger partial charge >= 0.3 is 11.2 Å². The maximum absolute atomic E-state index is 13.0. The lowest BCUT2D eigenvalue weighted by molar-refractivity contribution is 0.179. The van der Waals surface area contributed by atoms with Gasteiger partial charge in [-0.1, -0.05) is 0 Å². The second kappa shape index (κ2) is 8.28. The maximum atomic E-state index is 13.0. The van der Waals surface area contributed by atoms with E-state index >= 15 is 0 Å². The van der Waals surface area contributed by atoms with Crippen LogP contribution in [0, 0.1) is 0 Å². The third-order valence-corrected chi connectivity index (χ3v) is 4.94. The summed E-state index contributed by atoms with van der Waals surface area (Å²) >= 11 is 0. The fraction of sp³-hybridized carbons (Fsp3) is 0.722. The van der Waals surface area contributed by atoms with Gasteiger partial charge in [0, 0.05) is 13.6 Å². The van der Waals surface area contributed by atoms with Crippen LogP contribution < -0.4 is 15.7 Å². The van der Waals surface area contributed by atoms with E-state index in [2.05, 4.69) is 4.99 Å². The predicted octanol–water partition coefficient (Wildman–Crippen LogP) is 0.870. The van der Waals surface area contributed by atoms with Gasteiger partial charge in [0.1, 0.15) is 0 Å². The van der Waals surface area contributed by atoms with Crippen LogP contribution in [0.1, 0.15) is 46.0 Å². The molecular weight excluding hydrogens is 336 g/mol. The lowest BCUT2D eigenvalue weighted by Gasteiger charge is -2.25. The summed E-state index contributed by atoms with van der Waals surface area (Å²) in [5.41, 5.74) is -0.147. The van der Waals surface area contributed by atoms with E-state index in [0.717, 1.165) is 12.8 Å². The molecule has 0 saturated heterocycles. The summed E-state index contributed by atoms with van der Waals surface area (Å²) in [7, 11) is 3.54. The number of nitrogens with zero attached hydrogens (tertiary/aromatic N) is 4. The van der Waals surface area contributed by atoms with Gasteiger partial charge in [0.2, 0.25) is 11.5 Å². The third kappa shape index (κ3) is 4.31. The maximum Gasteiger partial charge on any atom is 0.332 e. The monoisotopic (exact) mass is 367 g/mol. The summed E-state index contributed by atoms with van der Waals surface area (Å²) in [6.07, 6.45) is 4.39. The van der Waals surface area contributed by atoms with Crippen LogP contribution in [0.2, 0.25) is 0 Å². The molecule has 8 nitrogen and oxygen atoms in total. The summed E-state index contributed by atoms with van der Waals surface area (Å²) < 4.78 is 2.95. The van der Waals surface area contributed by atoms with Crippen molar-refractivity contribution in [3.05, 3.63) is 20.8 Å². The fourth-order valence-electron chi connectivity index (χ4n) is 3.37. The highest BCUT2D eigenvalue weighted by molar-refractivity contribution is 5.86. The highest BCUT2D eigenvalue weighted by Crippen LogP contribution is 2.32. The van der Waals surface area contributed by atoms with E-state index in [-0.39, 0.29) is 27.9 Å². The van der Waals surface area contributed by atoms with Crippen LogP contribution in [-0.2, 0) is 13.6 Å². The van der Waals surface area contributed by atoms with Crippen LogP contribution in [0.5, 0.6) is 0 Å². The first-order chi connectivity index (χ1) is 12.2. The van der Waals surface area contributed by atoms with Gasteiger partial charge in [0.05, 0.1) is 25.8 Å². The summed E-state index contributed by atoms with van der Waals surface area (Å²) in [6, 6.07) is 0. The second-order valence-corrected chi connectivity index (χ2v) is 7.54. The summed E-state index contributed by atoms with van der Waals surface area (Å²) in [5.74, 6) is 0.416. The summed E-state index contributed by atoms with van der Waals surface area (Å²) in [6.45, 7) is 4.44. The number of fused-ring (bicyclic) bond motifs is 1. The van der Waals surface area contributed by atoms with Crippen LogP contribution in [0.4, 0.5) is 11.5 Å². The van der Waals surface area contributed by atoms with Gasteiger partial charge in [-0.15, -0.1) is 0 Å². The normalized spacial score (nSPS) is 21.0. The Morgan fingerprint density at radius 1 is 1.12 bits per heavy atom. The molecule has 8 heteroatoms. The van der Waals surface area contributed by atoms with E-state index in [1.54, 1.807) is 27.2 Å². The molecule has 3 atom stereocenters. The van der Waals surface area contributed by atoms with Crippen molar-refractivity contribution in [3.63, 3.8) is 0 Å². The lowest BCUT2D eigenvalue weighted by atomic mass is 10.2. The van der Waals surface area contributed by atoms with Crippen LogP contribution in [0.3, 0.4) is 0 Å². The number of quaternary nitrogens is 1. The molecule has 0 aromatic carbocycles. The average molecular weight is 367 g/mol. The van der Waals surface area contributed by atoms with Crippen molar-refractivity contribution in [2.24, 2.45) is 12.0 Å². The molecule has 2 N–H and O–H groups in total. The van der Waals surface area contributed by atoms with Crippen molar-refractivity contribution in [2.45, 2.75) is 64.7 Å². The van der Waals surface area contributed by atoms with E-state index in [1.165, 1.54) is 9.13 Å². The van der Waals surface area contributed by atoms with Gasteiger partial charge in [0.25, 0.3) is 0 Å². The first-order valence-corrected chi connectivity index (χ1v) is 9.28. The van der Waals surface area contributed by atoms with E-state index in [0.29, 0.717) is 43.9 Å². The molecule has 0 aliphatic carbocycles. The minimum atomic E-state index is -0.383. The molecule has 0 amide bonds. The minimum absolute atomic E-state index is 0.239. The molecule has 1 aromatic heterocycles. The number of hydrogen-bond donors (Lipinski definition) is 2. The molecule has 0 saturated carbocycles. The predicted molar refractivity (Wildman–Crippen MR) is 103 cm³/mol. The topological polar surface area (TPSA) is 96.8 Å². The average Bonchev–Trinajstić information content (AvgIpc) is 2.89. The third-order valence-electron chi connectivity index (χ3n) is 4.94. The number of aromatic nitrogens is 2. The van der Waals surface area contributed by atoms with Crippen LogP contribution in [-0.4, -0.2) is 51.5 Å². The fourth-order valence-corrected chi connectivity index (χ4v) is 3.37. The standard InChI is InChI=1S/C18H31N4O4/c1-13(23)8-5-6-10-21-17(25)15-16(20(3)18(21)26)19-12-22(15,4)11-7-9-14(2)24/h12-14,23-24H,5-11H2,1-4H3/q+1. The van der Waals surface area contributed by atoms with Gasteiger partial charge in [0.15, 0.2) is 6.34 Å². The van der Waals surface area contributed by atoms with Gasteiger partial charge < -0.3 is 10.2 Å². The molecule has 0 fully saturated rings. The van der Waals surface area contributed by atoms with Crippen molar-refractivity contribution < 1.29 is 10.2 Å². The van der Waals surface area contributed by atoms with E-state index in [9.17, 15) is 19.8 Å². The molecule has 2 heterocycles. The molecule has 1 aromatic rings.